The van der Waals surface area contributed by atoms with Crippen LogP contribution in [-0.4, -0.2) is 38.3 Å². The van der Waals surface area contributed by atoms with Gasteiger partial charge in [0.25, 0.3) is 0 Å². The third-order valence-electron chi connectivity index (χ3n) is 2.72. The van der Waals surface area contributed by atoms with Crippen molar-refractivity contribution in [1.82, 2.24) is 20.1 Å². The Morgan fingerprint density at radius 1 is 1.50 bits per heavy atom. The van der Waals surface area contributed by atoms with Gasteiger partial charge >= 0.3 is 5.97 Å². The van der Waals surface area contributed by atoms with Crippen LogP contribution in [0.15, 0.2) is 12.7 Å². The fourth-order valence-corrected chi connectivity index (χ4v) is 1.57. The maximum absolute atomic E-state index is 11.8. The van der Waals surface area contributed by atoms with Crippen molar-refractivity contribution in [2.75, 3.05) is 6.54 Å². The Balaban J connectivity index is 2.47. The topological polar surface area (TPSA) is 97.1 Å². The molecule has 2 unspecified atom stereocenters. The zero-order chi connectivity index (χ0) is 13.5. The maximum Gasteiger partial charge on any atom is 0.308 e. The number of aliphatic carboxylic acids is 1. The molecule has 0 saturated carbocycles. The lowest BCUT2D eigenvalue weighted by atomic mass is 10.0. The van der Waals surface area contributed by atoms with Crippen LogP contribution in [0.2, 0.25) is 0 Å². The van der Waals surface area contributed by atoms with E-state index in [1.54, 1.807) is 6.92 Å². The van der Waals surface area contributed by atoms with Gasteiger partial charge in [0.1, 0.15) is 18.7 Å². The summed E-state index contributed by atoms with van der Waals surface area (Å²) < 4.78 is 1.42. The van der Waals surface area contributed by atoms with Crippen molar-refractivity contribution in [2.45, 2.75) is 32.7 Å². The highest BCUT2D eigenvalue weighted by Gasteiger charge is 2.20. The molecule has 0 aromatic carbocycles. The van der Waals surface area contributed by atoms with Crippen LogP contribution in [0.4, 0.5) is 0 Å². The third kappa shape index (κ3) is 3.83. The van der Waals surface area contributed by atoms with Crippen molar-refractivity contribution in [1.29, 1.82) is 0 Å². The van der Waals surface area contributed by atoms with E-state index in [0.29, 0.717) is 6.42 Å². The van der Waals surface area contributed by atoms with Crippen LogP contribution >= 0.6 is 0 Å². The number of hydrogen-bond acceptors (Lipinski definition) is 4. The zero-order valence-electron chi connectivity index (χ0n) is 10.5. The average molecular weight is 254 g/mol. The molecule has 18 heavy (non-hydrogen) atoms. The second kappa shape index (κ2) is 6.73. The first-order valence-corrected chi connectivity index (χ1v) is 5.90. The lowest BCUT2D eigenvalue weighted by molar-refractivity contribution is -0.142. The number of nitrogens with zero attached hydrogens (tertiary/aromatic N) is 3. The van der Waals surface area contributed by atoms with E-state index in [-0.39, 0.29) is 12.5 Å². The normalized spacial score (nSPS) is 13.9. The summed E-state index contributed by atoms with van der Waals surface area (Å²) in [6.07, 6.45) is 4.12. The van der Waals surface area contributed by atoms with Gasteiger partial charge in [-0.15, -0.1) is 0 Å². The van der Waals surface area contributed by atoms with Gasteiger partial charge in [-0.3, -0.25) is 9.59 Å². The Bertz CT molecular complexity index is 391. The number of rotatable bonds is 7. The third-order valence-corrected chi connectivity index (χ3v) is 2.72. The van der Waals surface area contributed by atoms with Crippen LogP contribution in [0.25, 0.3) is 0 Å². The standard InChI is InChI=1S/C11H18N4O3/c1-3-4-9(11(17)18)5-13-10(16)8(2)15-7-12-6-14-15/h6-9H,3-5H2,1-2H3,(H,13,16)(H,17,18). The first-order chi connectivity index (χ1) is 8.56. The smallest absolute Gasteiger partial charge is 0.308 e. The van der Waals surface area contributed by atoms with E-state index in [9.17, 15) is 9.59 Å². The highest BCUT2D eigenvalue weighted by atomic mass is 16.4. The van der Waals surface area contributed by atoms with E-state index in [2.05, 4.69) is 15.4 Å². The minimum atomic E-state index is -0.884. The number of carbonyl (C=O) groups is 2. The minimum Gasteiger partial charge on any atom is -0.481 e. The van der Waals surface area contributed by atoms with Gasteiger partial charge in [-0.1, -0.05) is 13.3 Å². The fraction of sp³-hybridized carbons (Fsp3) is 0.636. The summed E-state index contributed by atoms with van der Waals surface area (Å²) in [7, 11) is 0. The van der Waals surface area contributed by atoms with Gasteiger partial charge < -0.3 is 10.4 Å². The average Bonchev–Trinajstić information content (AvgIpc) is 2.86. The number of hydrogen-bond donors (Lipinski definition) is 2. The van der Waals surface area contributed by atoms with Gasteiger partial charge in [0, 0.05) is 6.54 Å². The van der Waals surface area contributed by atoms with Crippen molar-refractivity contribution in [3.05, 3.63) is 12.7 Å². The van der Waals surface area contributed by atoms with Gasteiger partial charge in [0.2, 0.25) is 5.91 Å². The number of carbonyl (C=O) groups excluding carboxylic acids is 1. The van der Waals surface area contributed by atoms with Crippen LogP contribution < -0.4 is 5.32 Å². The molecule has 1 aromatic rings. The van der Waals surface area contributed by atoms with Crippen molar-refractivity contribution in [3.8, 4) is 0 Å². The van der Waals surface area contributed by atoms with E-state index in [0.717, 1.165) is 6.42 Å². The van der Waals surface area contributed by atoms with E-state index in [4.69, 9.17) is 5.11 Å². The molecule has 0 radical (unpaired) electrons. The molecule has 7 heteroatoms. The molecule has 0 aliphatic rings. The number of amides is 1. The number of carboxylic acid groups (broad SMARTS) is 1. The number of nitrogens with one attached hydrogen (secondary N) is 1. The number of aromatic nitrogens is 3. The molecule has 0 aliphatic heterocycles. The SMILES string of the molecule is CCCC(CNC(=O)C(C)n1cncn1)C(=O)O. The predicted octanol–water partition coefficient (Wildman–Crippen LogP) is 0.456. The van der Waals surface area contributed by atoms with Crippen LogP contribution in [0.3, 0.4) is 0 Å². The minimum absolute atomic E-state index is 0.140. The molecule has 2 N–H and O–H groups in total. The lowest BCUT2D eigenvalue weighted by Crippen LogP contribution is -2.37. The second-order valence-corrected chi connectivity index (χ2v) is 4.12. The Labute approximate surface area is 105 Å². The largest absolute Gasteiger partial charge is 0.481 e. The van der Waals surface area contributed by atoms with E-state index in [1.807, 2.05) is 6.92 Å². The zero-order valence-corrected chi connectivity index (χ0v) is 10.5. The van der Waals surface area contributed by atoms with Crippen molar-refractivity contribution >= 4 is 11.9 Å². The Morgan fingerprint density at radius 2 is 2.22 bits per heavy atom. The van der Waals surface area contributed by atoms with Gasteiger partial charge in [0.05, 0.1) is 5.92 Å². The highest BCUT2D eigenvalue weighted by molar-refractivity contribution is 5.80. The predicted molar refractivity (Wildman–Crippen MR) is 63.8 cm³/mol. The van der Waals surface area contributed by atoms with Crippen LogP contribution in [0.5, 0.6) is 0 Å². The summed E-state index contributed by atoms with van der Waals surface area (Å²) >= 11 is 0. The molecule has 0 aliphatic carbocycles. The second-order valence-electron chi connectivity index (χ2n) is 4.12. The van der Waals surface area contributed by atoms with E-state index >= 15 is 0 Å². The summed E-state index contributed by atoms with van der Waals surface area (Å²) in [5.41, 5.74) is 0. The summed E-state index contributed by atoms with van der Waals surface area (Å²) in [6.45, 7) is 3.73. The molecule has 1 amide bonds. The molecule has 0 fully saturated rings. The Kier molecular flexibility index (Phi) is 5.29. The molecule has 1 rings (SSSR count). The van der Waals surface area contributed by atoms with Crippen LogP contribution in [0, 0.1) is 5.92 Å². The van der Waals surface area contributed by atoms with Crippen molar-refractivity contribution in [2.24, 2.45) is 5.92 Å². The number of carboxylic acids is 1. The monoisotopic (exact) mass is 254 g/mol. The molecule has 1 heterocycles. The Hall–Kier alpha value is -1.92. The Morgan fingerprint density at radius 3 is 2.72 bits per heavy atom. The summed E-state index contributed by atoms with van der Waals surface area (Å²) in [6, 6.07) is -0.497. The first-order valence-electron chi connectivity index (χ1n) is 5.90. The molecule has 7 nitrogen and oxygen atoms in total. The van der Waals surface area contributed by atoms with Crippen molar-refractivity contribution < 1.29 is 14.7 Å². The van der Waals surface area contributed by atoms with Crippen LogP contribution in [0.1, 0.15) is 32.7 Å². The van der Waals surface area contributed by atoms with Gasteiger partial charge in [0.15, 0.2) is 0 Å². The molecular weight excluding hydrogens is 236 g/mol. The highest BCUT2D eigenvalue weighted by Crippen LogP contribution is 2.07. The van der Waals surface area contributed by atoms with E-state index in [1.165, 1.54) is 17.3 Å². The van der Waals surface area contributed by atoms with Crippen molar-refractivity contribution in [3.63, 3.8) is 0 Å². The summed E-state index contributed by atoms with van der Waals surface area (Å²) in [5, 5.41) is 15.5. The summed E-state index contributed by atoms with van der Waals surface area (Å²) in [4.78, 5) is 26.5. The summed E-state index contributed by atoms with van der Waals surface area (Å²) in [5.74, 6) is -1.68. The first kappa shape index (κ1) is 14.1. The molecule has 100 valence electrons. The maximum atomic E-state index is 11.8. The van der Waals surface area contributed by atoms with Gasteiger partial charge in [-0.2, -0.15) is 5.10 Å². The molecule has 0 spiro atoms. The lowest BCUT2D eigenvalue weighted by Gasteiger charge is -2.15. The fourth-order valence-electron chi connectivity index (χ4n) is 1.57. The van der Waals surface area contributed by atoms with E-state index < -0.39 is 17.9 Å². The quantitative estimate of drug-likeness (QED) is 0.736. The molecule has 0 saturated heterocycles. The van der Waals surface area contributed by atoms with Crippen LogP contribution in [-0.2, 0) is 9.59 Å². The molecule has 0 bridgehead atoms. The molecule has 1 aromatic heterocycles. The molecule has 2 atom stereocenters. The molecular formula is C11H18N4O3. The van der Waals surface area contributed by atoms with Gasteiger partial charge in [-0.25, -0.2) is 9.67 Å². The van der Waals surface area contributed by atoms with Gasteiger partial charge in [-0.05, 0) is 13.3 Å².